The zero-order chi connectivity index (χ0) is 13.8. The Morgan fingerprint density at radius 2 is 2.21 bits per heavy atom. The predicted octanol–water partition coefficient (Wildman–Crippen LogP) is 3.37. The van der Waals surface area contributed by atoms with Gasteiger partial charge in [-0.25, -0.2) is 0 Å². The van der Waals surface area contributed by atoms with Crippen LogP contribution < -0.4 is 4.74 Å². The van der Waals surface area contributed by atoms with Gasteiger partial charge >= 0.3 is 0 Å². The number of amides is 1. The molecule has 0 spiro atoms. The van der Waals surface area contributed by atoms with Crippen LogP contribution in [0.15, 0.2) is 24.3 Å². The molecule has 2 rings (SSSR count). The van der Waals surface area contributed by atoms with Gasteiger partial charge in [-0.2, -0.15) is 0 Å². The highest BCUT2D eigenvalue weighted by Gasteiger charge is 2.26. The highest BCUT2D eigenvalue weighted by atomic mass is 35.5. The van der Waals surface area contributed by atoms with Crippen molar-refractivity contribution in [1.82, 2.24) is 4.90 Å². The van der Waals surface area contributed by atoms with Gasteiger partial charge in [-0.3, -0.25) is 4.79 Å². The van der Waals surface area contributed by atoms with Crippen molar-refractivity contribution in [3.63, 3.8) is 0 Å². The highest BCUT2D eigenvalue weighted by molar-refractivity contribution is 6.32. The fourth-order valence-corrected chi connectivity index (χ4v) is 2.61. The topological polar surface area (TPSA) is 29.5 Å². The first-order valence-corrected chi connectivity index (χ1v) is 7.15. The fourth-order valence-electron chi connectivity index (χ4n) is 2.43. The van der Waals surface area contributed by atoms with Crippen molar-refractivity contribution in [1.29, 1.82) is 0 Å². The molecule has 0 radical (unpaired) electrons. The van der Waals surface area contributed by atoms with Crippen molar-refractivity contribution in [2.24, 2.45) is 5.92 Å². The molecule has 1 fully saturated rings. The summed E-state index contributed by atoms with van der Waals surface area (Å²) in [5.74, 6) is 1.19. The summed E-state index contributed by atoms with van der Waals surface area (Å²) in [6, 6.07) is 7.23. The molecule has 1 aromatic rings. The van der Waals surface area contributed by atoms with Gasteiger partial charge in [0.2, 0.25) is 0 Å². The SMILES string of the molecule is C[C@@H]1CCCN(C(=O)[C@@H](C)Oc2ccccc2Cl)C1. The van der Waals surface area contributed by atoms with Crippen LogP contribution in [0.5, 0.6) is 5.75 Å². The third-order valence-corrected chi connectivity index (χ3v) is 3.77. The molecule has 1 amide bonds. The van der Waals surface area contributed by atoms with E-state index in [0.29, 0.717) is 16.7 Å². The van der Waals surface area contributed by atoms with E-state index in [4.69, 9.17) is 16.3 Å². The molecule has 1 heterocycles. The number of likely N-dealkylation sites (tertiary alicyclic amines) is 1. The average Bonchev–Trinajstić information content (AvgIpc) is 2.40. The Labute approximate surface area is 119 Å². The summed E-state index contributed by atoms with van der Waals surface area (Å²) in [7, 11) is 0. The van der Waals surface area contributed by atoms with Crippen molar-refractivity contribution in [3.8, 4) is 5.75 Å². The fraction of sp³-hybridized carbons (Fsp3) is 0.533. The molecule has 1 saturated heterocycles. The van der Waals surface area contributed by atoms with Crippen LogP contribution in [0.4, 0.5) is 0 Å². The van der Waals surface area contributed by atoms with Gasteiger partial charge in [0.25, 0.3) is 5.91 Å². The Bertz CT molecular complexity index is 450. The van der Waals surface area contributed by atoms with Crippen molar-refractivity contribution in [2.45, 2.75) is 32.8 Å². The number of benzene rings is 1. The Kier molecular flexibility index (Phi) is 4.70. The molecule has 1 aromatic carbocycles. The minimum atomic E-state index is -0.495. The maximum absolute atomic E-state index is 12.3. The van der Waals surface area contributed by atoms with Gasteiger partial charge in [-0.15, -0.1) is 0 Å². The summed E-state index contributed by atoms with van der Waals surface area (Å²) >= 11 is 6.03. The van der Waals surface area contributed by atoms with E-state index < -0.39 is 6.10 Å². The first-order valence-electron chi connectivity index (χ1n) is 6.78. The molecular weight excluding hydrogens is 262 g/mol. The van der Waals surface area contributed by atoms with E-state index in [2.05, 4.69) is 6.92 Å². The number of para-hydroxylation sites is 1. The van der Waals surface area contributed by atoms with Crippen LogP contribution in [-0.4, -0.2) is 30.0 Å². The Morgan fingerprint density at radius 1 is 1.47 bits per heavy atom. The van der Waals surface area contributed by atoms with Gasteiger partial charge in [-0.1, -0.05) is 30.7 Å². The summed E-state index contributed by atoms with van der Waals surface area (Å²) in [5, 5.41) is 0.536. The molecule has 19 heavy (non-hydrogen) atoms. The lowest BCUT2D eigenvalue weighted by molar-refractivity contribution is -0.139. The third-order valence-electron chi connectivity index (χ3n) is 3.46. The quantitative estimate of drug-likeness (QED) is 0.850. The molecule has 0 aliphatic carbocycles. The van der Waals surface area contributed by atoms with Gasteiger partial charge in [0.1, 0.15) is 5.75 Å². The number of carbonyl (C=O) groups is 1. The van der Waals surface area contributed by atoms with Crippen molar-refractivity contribution >= 4 is 17.5 Å². The summed E-state index contributed by atoms with van der Waals surface area (Å²) < 4.78 is 5.67. The van der Waals surface area contributed by atoms with E-state index in [0.717, 1.165) is 19.5 Å². The molecule has 0 bridgehead atoms. The zero-order valence-electron chi connectivity index (χ0n) is 11.4. The number of hydrogen-bond acceptors (Lipinski definition) is 2. The first kappa shape index (κ1) is 14.2. The van der Waals surface area contributed by atoms with Crippen molar-refractivity contribution < 1.29 is 9.53 Å². The summed E-state index contributed by atoms with van der Waals surface area (Å²) in [6.07, 6.45) is 1.78. The minimum Gasteiger partial charge on any atom is -0.479 e. The molecule has 4 heteroatoms. The second-order valence-electron chi connectivity index (χ2n) is 5.22. The number of nitrogens with zero attached hydrogens (tertiary/aromatic N) is 1. The second kappa shape index (κ2) is 6.29. The molecular formula is C15H20ClNO2. The van der Waals surface area contributed by atoms with Gasteiger partial charge in [-0.05, 0) is 37.8 Å². The Hall–Kier alpha value is -1.22. The largest absolute Gasteiger partial charge is 0.479 e. The summed E-state index contributed by atoms with van der Waals surface area (Å²) in [5.41, 5.74) is 0. The number of ether oxygens (including phenoxy) is 1. The van der Waals surface area contributed by atoms with Crippen LogP contribution in [-0.2, 0) is 4.79 Å². The monoisotopic (exact) mass is 281 g/mol. The van der Waals surface area contributed by atoms with Crippen LogP contribution in [0, 0.1) is 5.92 Å². The predicted molar refractivity (Wildman–Crippen MR) is 76.5 cm³/mol. The lowest BCUT2D eigenvalue weighted by Gasteiger charge is -2.32. The Balaban J connectivity index is 1.97. The van der Waals surface area contributed by atoms with Crippen molar-refractivity contribution in [3.05, 3.63) is 29.3 Å². The molecule has 0 saturated carbocycles. The molecule has 1 aliphatic heterocycles. The third kappa shape index (κ3) is 3.63. The van der Waals surface area contributed by atoms with E-state index in [-0.39, 0.29) is 5.91 Å². The molecule has 0 unspecified atom stereocenters. The lowest BCUT2D eigenvalue weighted by atomic mass is 10.00. The second-order valence-corrected chi connectivity index (χ2v) is 5.63. The van der Waals surface area contributed by atoms with Gasteiger partial charge in [0, 0.05) is 13.1 Å². The van der Waals surface area contributed by atoms with Crippen LogP contribution in [0.3, 0.4) is 0 Å². The summed E-state index contributed by atoms with van der Waals surface area (Å²) in [4.78, 5) is 14.2. The van der Waals surface area contributed by atoms with Gasteiger partial charge in [0.05, 0.1) is 5.02 Å². The minimum absolute atomic E-state index is 0.0477. The number of halogens is 1. The smallest absolute Gasteiger partial charge is 0.263 e. The van der Waals surface area contributed by atoms with Crippen LogP contribution >= 0.6 is 11.6 Å². The lowest BCUT2D eigenvalue weighted by Crippen LogP contribution is -2.45. The molecule has 1 aliphatic rings. The van der Waals surface area contributed by atoms with E-state index >= 15 is 0 Å². The molecule has 3 nitrogen and oxygen atoms in total. The maximum atomic E-state index is 12.3. The van der Waals surface area contributed by atoms with E-state index in [9.17, 15) is 4.79 Å². The van der Waals surface area contributed by atoms with Crippen LogP contribution in [0.1, 0.15) is 26.7 Å². The number of piperidine rings is 1. The van der Waals surface area contributed by atoms with E-state index in [1.54, 1.807) is 19.1 Å². The van der Waals surface area contributed by atoms with Crippen molar-refractivity contribution in [2.75, 3.05) is 13.1 Å². The molecule has 0 N–H and O–H groups in total. The van der Waals surface area contributed by atoms with Gasteiger partial charge in [0.15, 0.2) is 6.10 Å². The molecule has 0 aromatic heterocycles. The van der Waals surface area contributed by atoms with E-state index in [1.807, 2.05) is 17.0 Å². The number of rotatable bonds is 3. The van der Waals surface area contributed by atoms with E-state index in [1.165, 1.54) is 6.42 Å². The average molecular weight is 282 g/mol. The molecule has 2 atom stereocenters. The summed E-state index contributed by atoms with van der Waals surface area (Å²) in [6.45, 7) is 5.62. The highest BCUT2D eigenvalue weighted by Crippen LogP contribution is 2.25. The standard InChI is InChI=1S/C15H20ClNO2/c1-11-6-5-9-17(10-11)15(18)12(2)19-14-8-4-3-7-13(14)16/h3-4,7-8,11-12H,5-6,9-10H2,1-2H3/t11-,12-/m1/s1. The van der Waals surface area contributed by atoms with Crippen LogP contribution in [0.25, 0.3) is 0 Å². The van der Waals surface area contributed by atoms with Gasteiger partial charge < -0.3 is 9.64 Å². The Morgan fingerprint density at radius 3 is 2.89 bits per heavy atom. The molecule has 104 valence electrons. The first-order chi connectivity index (χ1) is 9.08. The number of carbonyl (C=O) groups excluding carboxylic acids is 1. The van der Waals surface area contributed by atoms with Crippen LogP contribution in [0.2, 0.25) is 5.02 Å². The number of hydrogen-bond donors (Lipinski definition) is 0. The normalized spacial score (nSPS) is 21.0. The maximum Gasteiger partial charge on any atom is 0.263 e. The zero-order valence-corrected chi connectivity index (χ0v) is 12.2.